The zero-order valence-electron chi connectivity index (χ0n) is 12.9. The molecular formula is C16H17N3O4. The van der Waals surface area contributed by atoms with Crippen molar-refractivity contribution in [2.75, 3.05) is 13.2 Å². The monoisotopic (exact) mass is 315 g/mol. The van der Waals surface area contributed by atoms with Crippen molar-refractivity contribution < 1.29 is 19.1 Å². The molecule has 120 valence electrons. The molecule has 2 N–H and O–H groups in total. The molecule has 23 heavy (non-hydrogen) atoms. The molecule has 7 nitrogen and oxygen atoms in total. The lowest BCUT2D eigenvalue weighted by Crippen LogP contribution is -2.32. The molecule has 0 aliphatic heterocycles. The molecule has 0 unspecified atom stereocenters. The molecule has 0 spiro atoms. The second kappa shape index (κ2) is 8.44. The molecule has 0 aliphatic rings. The highest BCUT2D eigenvalue weighted by atomic mass is 16.5. The summed E-state index contributed by atoms with van der Waals surface area (Å²) in [6, 6.07) is 8.52. The first-order chi connectivity index (χ1) is 10.8. The van der Waals surface area contributed by atoms with Gasteiger partial charge in [0.05, 0.1) is 6.07 Å². The van der Waals surface area contributed by atoms with Crippen LogP contribution in [0.5, 0.6) is 0 Å². The van der Waals surface area contributed by atoms with E-state index in [0.29, 0.717) is 5.56 Å². The zero-order chi connectivity index (χ0) is 17.4. The number of esters is 1. The quantitative estimate of drug-likeness (QED) is 0.575. The maximum absolute atomic E-state index is 11.8. The first-order valence-electron chi connectivity index (χ1n) is 6.83. The van der Waals surface area contributed by atoms with Crippen molar-refractivity contribution in [1.29, 1.82) is 10.7 Å². The second-order valence-corrected chi connectivity index (χ2v) is 4.92. The Labute approximate surface area is 133 Å². The lowest BCUT2D eigenvalue weighted by Gasteiger charge is -2.08. The van der Waals surface area contributed by atoms with Crippen molar-refractivity contribution >= 4 is 23.4 Å². The number of nitriles is 1. The first-order valence-corrected chi connectivity index (χ1v) is 6.83. The summed E-state index contributed by atoms with van der Waals surface area (Å²) in [6.07, 6.45) is 0. The summed E-state index contributed by atoms with van der Waals surface area (Å²) in [6.45, 7) is 2.18. The summed E-state index contributed by atoms with van der Waals surface area (Å²) in [7, 11) is 0. The number of nitrogens with one attached hydrogen (secondary N) is 2. The average molecular weight is 315 g/mol. The van der Waals surface area contributed by atoms with Gasteiger partial charge < -0.3 is 15.5 Å². The molecule has 1 amide bonds. The number of ketones is 1. The number of ether oxygens (including phenoxy) is 1. The van der Waals surface area contributed by atoms with E-state index in [1.807, 2.05) is 13.0 Å². The van der Waals surface area contributed by atoms with E-state index in [4.69, 9.17) is 15.4 Å². The molecule has 0 heterocycles. The fourth-order valence-electron chi connectivity index (χ4n) is 1.74. The number of carbonyl (C=O) groups is 3. The first kappa shape index (κ1) is 18.0. The van der Waals surface area contributed by atoms with Crippen molar-refractivity contribution in [3.05, 3.63) is 35.4 Å². The Hall–Kier alpha value is -3.01. The van der Waals surface area contributed by atoms with Gasteiger partial charge >= 0.3 is 5.97 Å². The van der Waals surface area contributed by atoms with Crippen LogP contribution in [-0.2, 0) is 14.3 Å². The van der Waals surface area contributed by atoms with Crippen molar-refractivity contribution in [2.24, 2.45) is 5.92 Å². The van der Waals surface area contributed by atoms with Crippen molar-refractivity contribution in [1.82, 2.24) is 5.32 Å². The van der Waals surface area contributed by atoms with Crippen LogP contribution in [0.15, 0.2) is 24.3 Å². The average Bonchev–Trinajstić information content (AvgIpc) is 2.50. The summed E-state index contributed by atoms with van der Waals surface area (Å²) in [5.41, 5.74) is 1.22. The molecule has 0 saturated carbocycles. The van der Waals surface area contributed by atoms with Gasteiger partial charge in [0, 0.05) is 11.3 Å². The smallest absolute Gasteiger partial charge is 0.325 e. The number of hydrogen-bond acceptors (Lipinski definition) is 6. The molecule has 7 heteroatoms. The Morgan fingerprint density at radius 2 is 2.09 bits per heavy atom. The number of Topliss-reactive ketones (excluding diaryl/α,β-unsaturated/α-hetero) is 1. The Bertz CT molecular complexity index is 676. The number of aryl methyl sites for hydroxylation is 1. The summed E-state index contributed by atoms with van der Waals surface area (Å²) in [5, 5.41) is 18.4. The van der Waals surface area contributed by atoms with E-state index in [0.717, 1.165) is 5.56 Å². The molecule has 0 fully saturated rings. The van der Waals surface area contributed by atoms with Gasteiger partial charge in [0.15, 0.2) is 12.4 Å². The summed E-state index contributed by atoms with van der Waals surface area (Å²) in [4.78, 5) is 34.9. The van der Waals surface area contributed by atoms with Crippen LogP contribution in [-0.4, -0.2) is 36.5 Å². The largest absolute Gasteiger partial charge is 0.456 e. The third kappa shape index (κ3) is 5.71. The summed E-state index contributed by atoms with van der Waals surface area (Å²) >= 11 is 0. The molecule has 1 rings (SSSR count). The maximum atomic E-state index is 11.8. The van der Waals surface area contributed by atoms with E-state index >= 15 is 0 Å². The van der Waals surface area contributed by atoms with Gasteiger partial charge in [-0.05, 0) is 26.0 Å². The van der Waals surface area contributed by atoms with Crippen LogP contribution in [0, 0.1) is 29.6 Å². The van der Waals surface area contributed by atoms with Crippen LogP contribution in [0.3, 0.4) is 0 Å². The van der Waals surface area contributed by atoms with Crippen LogP contribution in [0.25, 0.3) is 0 Å². The van der Waals surface area contributed by atoms with Crippen LogP contribution >= 0.6 is 0 Å². The normalized spacial score (nSPS) is 11.0. The van der Waals surface area contributed by atoms with E-state index in [2.05, 4.69) is 5.32 Å². The van der Waals surface area contributed by atoms with Gasteiger partial charge in [0.2, 0.25) is 0 Å². The topological polar surface area (TPSA) is 120 Å². The van der Waals surface area contributed by atoms with Gasteiger partial charge in [0.25, 0.3) is 5.91 Å². The molecule has 0 aliphatic carbocycles. The molecule has 1 atom stereocenters. The number of carbonyl (C=O) groups excluding carboxylic acids is 3. The second-order valence-electron chi connectivity index (χ2n) is 4.92. The minimum atomic E-state index is -1.22. The fourth-order valence-corrected chi connectivity index (χ4v) is 1.74. The standard InChI is InChI=1S/C16H17N3O4/c1-10-4-3-5-12(6-10)16(22)19-8-15(21)23-9-14(20)13(7-17)11(2)18/h3-6,13,18H,8-9H2,1-2H3,(H,19,22)/t13-/m0/s1. The Morgan fingerprint density at radius 1 is 1.39 bits per heavy atom. The van der Waals surface area contributed by atoms with Gasteiger partial charge in [-0.3, -0.25) is 14.4 Å². The molecule has 0 aromatic heterocycles. The van der Waals surface area contributed by atoms with Gasteiger partial charge in [0.1, 0.15) is 12.5 Å². The Morgan fingerprint density at radius 3 is 2.65 bits per heavy atom. The fraction of sp³-hybridized carbons (Fsp3) is 0.312. The number of rotatable bonds is 7. The van der Waals surface area contributed by atoms with Crippen LogP contribution in [0.2, 0.25) is 0 Å². The number of amides is 1. The highest BCUT2D eigenvalue weighted by Crippen LogP contribution is 2.03. The van der Waals surface area contributed by atoms with E-state index in [9.17, 15) is 14.4 Å². The van der Waals surface area contributed by atoms with Gasteiger partial charge in [-0.25, -0.2) is 0 Å². The maximum Gasteiger partial charge on any atom is 0.325 e. The van der Waals surface area contributed by atoms with Crippen molar-refractivity contribution in [2.45, 2.75) is 13.8 Å². The zero-order valence-corrected chi connectivity index (χ0v) is 12.9. The van der Waals surface area contributed by atoms with Crippen LogP contribution in [0.1, 0.15) is 22.8 Å². The molecule has 1 aromatic rings. The van der Waals surface area contributed by atoms with E-state index in [1.54, 1.807) is 24.3 Å². The minimum absolute atomic E-state index is 0.110. The van der Waals surface area contributed by atoms with Crippen molar-refractivity contribution in [3.63, 3.8) is 0 Å². The highest BCUT2D eigenvalue weighted by molar-refractivity contribution is 6.06. The molecule has 0 bridgehead atoms. The van der Waals surface area contributed by atoms with E-state index in [-0.39, 0.29) is 12.3 Å². The van der Waals surface area contributed by atoms with Gasteiger partial charge in [-0.15, -0.1) is 0 Å². The van der Waals surface area contributed by atoms with Gasteiger partial charge in [-0.2, -0.15) is 5.26 Å². The van der Waals surface area contributed by atoms with Crippen LogP contribution < -0.4 is 5.32 Å². The number of benzene rings is 1. The summed E-state index contributed by atoms with van der Waals surface area (Å²) in [5.74, 6) is -3.11. The van der Waals surface area contributed by atoms with Crippen molar-refractivity contribution in [3.8, 4) is 6.07 Å². The number of nitrogens with zero attached hydrogens (tertiary/aromatic N) is 1. The Kier molecular flexibility index (Phi) is 6.62. The molecule has 0 radical (unpaired) electrons. The molecule has 0 saturated heterocycles. The Balaban J connectivity index is 2.43. The minimum Gasteiger partial charge on any atom is -0.456 e. The highest BCUT2D eigenvalue weighted by Gasteiger charge is 2.21. The SMILES string of the molecule is CC(=N)[C@H](C#N)C(=O)COC(=O)CNC(=O)c1cccc(C)c1. The van der Waals surface area contributed by atoms with E-state index in [1.165, 1.54) is 6.92 Å². The van der Waals surface area contributed by atoms with Gasteiger partial charge in [-0.1, -0.05) is 17.7 Å². The lowest BCUT2D eigenvalue weighted by atomic mass is 10.0. The molecule has 1 aromatic carbocycles. The predicted octanol–water partition coefficient (Wildman–Crippen LogP) is 1.02. The third-order valence-electron chi connectivity index (χ3n) is 2.93. The number of hydrogen-bond donors (Lipinski definition) is 2. The molecular weight excluding hydrogens is 298 g/mol. The lowest BCUT2D eigenvalue weighted by molar-refractivity contribution is -0.147. The summed E-state index contributed by atoms with van der Waals surface area (Å²) < 4.78 is 4.70. The van der Waals surface area contributed by atoms with Crippen LogP contribution in [0.4, 0.5) is 0 Å². The predicted molar refractivity (Wildman–Crippen MR) is 82.0 cm³/mol. The third-order valence-corrected chi connectivity index (χ3v) is 2.93. The van der Waals surface area contributed by atoms with E-state index < -0.39 is 30.2 Å².